The number of alkyl halides is 3. The Morgan fingerprint density at radius 2 is 1.71 bits per heavy atom. The summed E-state index contributed by atoms with van der Waals surface area (Å²) in [6, 6.07) is 23.5. The molecule has 3 N–H and O–H groups in total. The fourth-order valence-electron chi connectivity index (χ4n) is 5.25. The van der Waals surface area contributed by atoms with E-state index in [0.717, 1.165) is 34.2 Å². The van der Waals surface area contributed by atoms with Crippen molar-refractivity contribution in [1.82, 2.24) is 15.3 Å². The first-order chi connectivity index (χ1) is 21.5. The average Bonchev–Trinajstić information content (AvgIpc) is 3.82. The Hall–Kier alpha value is -4.09. The molecule has 0 spiro atoms. The summed E-state index contributed by atoms with van der Waals surface area (Å²) in [6.07, 6.45) is -3.57. The van der Waals surface area contributed by atoms with Gasteiger partial charge in [-0.15, -0.1) is 0 Å². The molecule has 0 aliphatic heterocycles. The first-order valence-electron chi connectivity index (χ1n) is 14.7. The van der Waals surface area contributed by atoms with E-state index in [2.05, 4.69) is 15.0 Å². The van der Waals surface area contributed by atoms with Crippen LogP contribution in [0.5, 0.6) is 5.88 Å². The number of carbonyl (C=O) groups is 1. The number of carboxylic acid groups (broad SMARTS) is 1. The van der Waals surface area contributed by atoms with Crippen molar-refractivity contribution >= 4 is 23.9 Å². The summed E-state index contributed by atoms with van der Waals surface area (Å²) in [5.74, 6) is -0.508. The van der Waals surface area contributed by atoms with E-state index in [0.29, 0.717) is 23.6 Å². The van der Waals surface area contributed by atoms with Crippen LogP contribution in [-0.4, -0.2) is 39.9 Å². The molecule has 0 bridgehead atoms. The van der Waals surface area contributed by atoms with E-state index >= 15 is 0 Å². The highest BCUT2D eigenvalue weighted by Crippen LogP contribution is 2.60. The molecule has 0 radical (unpaired) electrons. The molecular formula is C34H35F3N4O3S. The third-order valence-corrected chi connectivity index (χ3v) is 8.85. The zero-order valence-corrected chi connectivity index (χ0v) is 25.8. The minimum Gasteiger partial charge on any atom is -0.478 e. The quantitative estimate of drug-likeness (QED) is 0.119. The van der Waals surface area contributed by atoms with Crippen molar-refractivity contribution in [3.05, 3.63) is 101 Å². The first kappa shape index (κ1) is 32.3. The lowest BCUT2D eigenvalue weighted by molar-refractivity contribution is -0.189. The Morgan fingerprint density at radius 3 is 2.38 bits per heavy atom. The van der Waals surface area contributed by atoms with Crippen LogP contribution in [0, 0.1) is 19.3 Å². The zero-order chi connectivity index (χ0) is 32.0. The molecule has 1 aliphatic rings. The number of carboxylic acids is 1. The third kappa shape index (κ3) is 8.34. The standard InChI is InChI=1S/C34H35F3N4O3S/c1-22-8-6-9-23(2)30(22)28-19-29(40-32(39-28)41-45-27-13-7-12-25(18-27)31(42)43)44-21-26(38-20-24-10-4-3-5-11-24)14-15-33(16-17-33)34(35,36)37/h3-13,18-19,26,38H,14-17,20-21H2,1-2H3,(H,42,43)(H,39,40,41). The van der Waals surface area contributed by atoms with Gasteiger partial charge in [-0.3, -0.25) is 4.72 Å². The third-order valence-electron chi connectivity index (χ3n) is 8.08. The summed E-state index contributed by atoms with van der Waals surface area (Å²) < 4.78 is 50.4. The summed E-state index contributed by atoms with van der Waals surface area (Å²) in [5, 5.41) is 12.7. The van der Waals surface area contributed by atoms with Gasteiger partial charge >= 0.3 is 12.1 Å². The number of hydrogen-bond acceptors (Lipinski definition) is 7. The maximum absolute atomic E-state index is 13.7. The van der Waals surface area contributed by atoms with Crippen LogP contribution in [0.2, 0.25) is 0 Å². The number of rotatable bonds is 14. The zero-order valence-electron chi connectivity index (χ0n) is 25.0. The number of aromatic carboxylic acids is 1. The molecule has 1 unspecified atom stereocenters. The molecule has 7 nitrogen and oxygen atoms in total. The SMILES string of the molecule is Cc1cccc(C)c1-c1cc(OCC(CCC2(C(F)(F)F)CC2)NCc2ccccc2)nc(NSc2cccc(C(=O)O)c2)n1. The lowest BCUT2D eigenvalue weighted by Gasteiger charge is -2.24. The van der Waals surface area contributed by atoms with Crippen LogP contribution in [0.1, 0.15) is 52.7 Å². The van der Waals surface area contributed by atoms with E-state index in [1.165, 1.54) is 6.07 Å². The lowest BCUT2D eigenvalue weighted by Crippen LogP contribution is -2.36. The predicted molar refractivity (Wildman–Crippen MR) is 169 cm³/mol. The largest absolute Gasteiger partial charge is 0.478 e. The molecule has 1 fully saturated rings. The Balaban J connectivity index is 1.37. The van der Waals surface area contributed by atoms with Gasteiger partial charge in [0.2, 0.25) is 11.8 Å². The van der Waals surface area contributed by atoms with Gasteiger partial charge in [0, 0.05) is 29.1 Å². The van der Waals surface area contributed by atoms with Crippen molar-refractivity contribution in [3.63, 3.8) is 0 Å². The number of ether oxygens (including phenoxy) is 1. The number of nitrogens with zero attached hydrogens (tertiary/aromatic N) is 2. The Morgan fingerprint density at radius 1 is 1.00 bits per heavy atom. The van der Waals surface area contributed by atoms with Crippen LogP contribution >= 0.6 is 11.9 Å². The van der Waals surface area contributed by atoms with Gasteiger partial charge in [-0.25, -0.2) is 9.78 Å². The second kappa shape index (κ2) is 13.9. The molecule has 0 amide bonds. The summed E-state index contributed by atoms with van der Waals surface area (Å²) in [7, 11) is 0. The molecule has 4 aromatic rings. The number of anilines is 1. The van der Waals surface area contributed by atoms with Gasteiger partial charge in [0.25, 0.3) is 0 Å². The maximum atomic E-state index is 13.7. The Bertz CT molecular complexity index is 1610. The van der Waals surface area contributed by atoms with Gasteiger partial charge in [0.15, 0.2) is 0 Å². The van der Waals surface area contributed by atoms with Crippen molar-refractivity contribution in [1.29, 1.82) is 0 Å². The number of aromatic nitrogens is 2. The molecule has 1 aliphatic carbocycles. The van der Waals surface area contributed by atoms with Gasteiger partial charge in [0.1, 0.15) is 6.61 Å². The normalized spacial score (nSPS) is 14.5. The molecule has 1 atom stereocenters. The van der Waals surface area contributed by atoms with Crippen LogP contribution in [0.4, 0.5) is 19.1 Å². The highest BCUT2D eigenvalue weighted by molar-refractivity contribution is 8.00. The second-order valence-corrected chi connectivity index (χ2v) is 12.3. The fourth-order valence-corrected chi connectivity index (χ4v) is 5.89. The smallest absolute Gasteiger partial charge is 0.394 e. The number of benzene rings is 3. The summed E-state index contributed by atoms with van der Waals surface area (Å²) >= 11 is 1.16. The highest BCUT2D eigenvalue weighted by Gasteiger charge is 2.62. The lowest BCUT2D eigenvalue weighted by atomic mass is 9.96. The molecule has 1 aromatic heterocycles. The van der Waals surface area contributed by atoms with Crippen molar-refractivity contribution in [2.75, 3.05) is 11.3 Å². The van der Waals surface area contributed by atoms with E-state index in [-0.39, 0.29) is 49.3 Å². The molecule has 11 heteroatoms. The Kier molecular flexibility index (Phi) is 9.99. The van der Waals surface area contributed by atoms with Gasteiger partial charge in [-0.05, 0) is 86.4 Å². The average molecular weight is 637 g/mol. The van der Waals surface area contributed by atoms with Gasteiger partial charge in [-0.1, -0.05) is 54.6 Å². The minimum atomic E-state index is -4.22. The van der Waals surface area contributed by atoms with Crippen LogP contribution < -0.4 is 14.8 Å². The number of aryl methyl sites for hydroxylation is 2. The van der Waals surface area contributed by atoms with Crippen LogP contribution in [0.25, 0.3) is 11.3 Å². The van der Waals surface area contributed by atoms with E-state index in [1.54, 1.807) is 24.3 Å². The molecule has 1 saturated carbocycles. The maximum Gasteiger partial charge on any atom is 0.394 e. The summed E-state index contributed by atoms with van der Waals surface area (Å²) in [4.78, 5) is 21.3. The van der Waals surface area contributed by atoms with Crippen molar-refractivity contribution in [3.8, 4) is 17.1 Å². The van der Waals surface area contributed by atoms with E-state index in [1.807, 2.05) is 62.4 Å². The molecular weight excluding hydrogens is 601 g/mol. The van der Waals surface area contributed by atoms with Crippen molar-refractivity contribution < 1.29 is 27.8 Å². The molecule has 5 rings (SSSR count). The monoisotopic (exact) mass is 636 g/mol. The number of halogens is 3. The molecule has 0 saturated heterocycles. The molecule has 1 heterocycles. The van der Waals surface area contributed by atoms with Gasteiger partial charge in [-0.2, -0.15) is 18.2 Å². The van der Waals surface area contributed by atoms with Crippen LogP contribution in [0.3, 0.4) is 0 Å². The molecule has 236 valence electrons. The first-order valence-corrected chi connectivity index (χ1v) is 15.5. The Labute approximate surface area is 264 Å². The van der Waals surface area contributed by atoms with Crippen LogP contribution in [0.15, 0.2) is 83.8 Å². The van der Waals surface area contributed by atoms with E-state index < -0.39 is 17.6 Å². The predicted octanol–water partition coefficient (Wildman–Crippen LogP) is 8.24. The summed E-state index contributed by atoms with van der Waals surface area (Å²) in [5.41, 5.74) is 3.15. The molecule has 3 aromatic carbocycles. The summed E-state index contributed by atoms with van der Waals surface area (Å²) in [6.45, 7) is 4.58. The van der Waals surface area contributed by atoms with Crippen molar-refractivity contribution in [2.24, 2.45) is 5.41 Å². The second-order valence-electron chi connectivity index (χ2n) is 11.4. The van der Waals surface area contributed by atoms with E-state index in [9.17, 15) is 23.1 Å². The van der Waals surface area contributed by atoms with Crippen LogP contribution in [-0.2, 0) is 6.54 Å². The topological polar surface area (TPSA) is 96.4 Å². The minimum absolute atomic E-state index is 0.0304. The number of nitrogens with one attached hydrogen (secondary N) is 2. The number of hydrogen-bond donors (Lipinski definition) is 3. The van der Waals surface area contributed by atoms with Crippen molar-refractivity contribution in [2.45, 2.75) is 63.2 Å². The van der Waals surface area contributed by atoms with Gasteiger partial charge < -0.3 is 15.2 Å². The fraction of sp³-hybridized carbons (Fsp3) is 0.324. The van der Waals surface area contributed by atoms with E-state index in [4.69, 9.17) is 9.72 Å². The molecule has 45 heavy (non-hydrogen) atoms. The van der Waals surface area contributed by atoms with Gasteiger partial charge in [0.05, 0.1) is 16.7 Å². The highest BCUT2D eigenvalue weighted by atomic mass is 32.2.